The van der Waals surface area contributed by atoms with E-state index in [-0.39, 0.29) is 4.21 Å². The number of hydrogen-bond acceptors (Lipinski definition) is 4. The van der Waals surface area contributed by atoms with E-state index >= 15 is 0 Å². The molecule has 0 saturated carbocycles. The van der Waals surface area contributed by atoms with E-state index in [4.69, 9.17) is 16.0 Å². The summed E-state index contributed by atoms with van der Waals surface area (Å²) in [6.07, 6.45) is 0. The molecule has 0 amide bonds. The molecular weight excluding hydrogens is 330 g/mol. The van der Waals surface area contributed by atoms with Crippen molar-refractivity contribution in [2.24, 2.45) is 0 Å². The van der Waals surface area contributed by atoms with Gasteiger partial charge in [0.15, 0.2) is 0 Å². The first-order valence-electron chi connectivity index (χ1n) is 6.22. The van der Waals surface area contributed by atoms with Crippen LogP contribution in [-0.2, 0) is 10.0 Å². The molecule has 0 fully saturated rings. The van der Waals surface area contributed by atoms with Gasteiger partial charge < -0.3 is 4.42 Å². The van der Waals surface area contributed by atoms with Crippen LogP contribution in [0.25, 0.3) is 11.0 Å². The second-order valence-electron chi connectivity index (χ2n) is 4.59. The van der Waals surface area contributed by atoms with Gasteiger partial charge in [0.2, 0.25) is 0 Å². The van der Waals surface area contributed by atoms with Crippen molar-refractivity contribution in [3.63, 3.8) is 0 Å². The van der Waals surface area contributed by atoms with Gasteiger partial charge in [0.1, 0.15) is 15.6 Å². The van der Waals surface area contributed by atoms with Crippen molar-refractivity contribution in [2.45, 2.75) is 17.2 Å². The highest BCUT2D eigenvalue weighted by atomic mass is 35.5. The summed E-state index contributed by atoms with van der Waals surface area (Å²) >= 11 is 6.80. The maximum atomic E-state index is 12.2. The maximum absolute atomic E-state index is 12.2. The number of hydrogen-bond donors (Lipinski definition) is 1. The van der Waals surface area contributed by atoms with Crippen LogP contribution in [0.4, 0.5) is 0 Å². The predicted octanol–water partition coefficient (Wildman–Crippen LogP) is 4.19. The average Bonchev–Trinajstić information content (AvgIpc) is 3.04. The first kappa shape index (κ1) is 14.6. The van der Waals surface area contributed by atoms with E-state index in [1.54, 1.807) is 13.0 Å². The Balaban J connectivity index is 1.87. The lowest BCUT2D eigenvalue weighted by atomic mass is 10.2. The van der Waals surface area contributed by atoms with Gasteiger partial charge in [0.05, 0.1) is 10.4 Å². The molecule has 2 heterocycles. The van der Waals surface area contributed by atoms with E-state index in [1.807, 2.05) is 30.3 Å². The topological polar surface area (TPSA) is 59.3 Å². The minimum absolute atomic E-state index is 0.190. The molecule has 0 bridgehead atoms. The van der Waals surface area contributed by atoms with Crippen LogP contribution in [0.5, 0.6) is 0 Å². The van der Waals surface area contributed by atoms with Crippen molar-refractivity contribution in [3.05, 3.63) is 52.6 Å². The van der Waals surface area contributed by atoms with Gasteiger partial charge in [-0.05, 0) is 31.2 Å². The molecule has 0 aliphatic rings. The van der Waals surface area contributed by atoms with E-state index < -0.39 is 16.1 Å². The fourth-order valence-electron chi connectivity index (χ4n) is 2.01. The summed E-state index contributed by atoms with van der Waals surface area (Å²) in [5.41, 5.74) is 0.734. The molecule has 0 unspecified atom stereocenters. The molecule has 4 nitrogen and oxygen atoms in total. The fourth-order valence-corrected chi connectivity index (χ4v) is 4.72. The fraction of sp³-hybridized carbons (Fsp3) is 0.143. The van der Waals surface area contributed by atoms with Gasteiger partial charge in [-0.2, -0.15) is 0 Å². The summed E-state index contributed by atoms with van der Waals surface area (Å²) in [6, 6.07) is 12.0. The van der Waals surface area contributed by atoms with E-state index in [0.29, 0.717) is 10.1 Å². The van der Waals surface area contributed by atoms with Crippen molar-refractivity contribution in [2.75, 3.05) is 0 Å². The smallest absolute Gasteiger partial charge is 0.250 e. The van der Waals surface area contributed by atoms with Gasteiger partial charge in [0, 0.05) is 5.39 Å². The van der Waals surface area contributed by atoms with Crippen LogP contribution in [0.15, 0.2) is 51.1 Å². The number of halogens is 1. The number of fused-ring (bicyclic) bond motifs is 1. The highest BCUT2D eigenvalue weighted by Gasteiger charge is 2.22. The Morgan fingerprint density at radius 1 is 1.24 bits per heavy atom. The third-order valence-corrected chi connectivity index (χ3v) is 6.28. The van der Waals surface area contributed by atoms with E-state index in [0.717, 1.165) is 22.3 Å². The van der Waals surface area contributed by atoms with Crippen molar-refractivity contribution >= 4 is 43.9 Å². The Bertz CT molecular complexity index is 849. The predicted molar refractivity (Wildman–Crippen MR) is 84.3 cm³/mol. The lowest BCUT2D eigenvalue weighted by Gasteiger charge is -2.10. The van der Waals surface area contributed by atoms with Crippen molar-refractivity contribution in [1.29, 1.82) is 0 Å². The summed E-state index contributed by atoms with van der Waals surface area (Å²) < 4.78 is 33.4. The Hall–Kier alpha value is -1.34. The number of nitrogens with one attached hydrogen (secondary N) is 1. The largest absolute Gasteiger partial charge is 0.459 e. The number of para-hydroxylation sites is 1. The molecule has 0 saturated heterocycles. The van der Waals surface area contributed by atoms with Gasteiger partial charge in [-0.3, -0.25) is 0 Å². The molecule has 21 heavy (non-hydrogen) atoms. The molecule has 2 aromatic heterocycles. The Morgan fingerprint density at radius 2 is 2.00 bits per heavy atom. The lowest BCUT2D eigenvalue weighted by molar-refractivity contribution is 0.485. The van der Waals surface area contributed by atoms with Gasteiger partial charge in [-0.15, -0.1) is 11.3 Å². The molecule has 7 heteroatoms. The second kappa shape index (κ2) is 5.46. The van der Waals surface area contributed by atoms with Crippen molar-refractivity contribution < 1.29 is 12.8 Å². The standard InChI is InChI=1S/C14H12ClNO3S2/c1-9(12-8-10-4-2-3-5-11(10)19-12)16-21(17,18)14-7-6-13(15)20-14/h2-9,16H,1H3/t9-/m1/s1. The zero-order valence-corrected chi connectivity index (χ0v) is 13.4. The van der Waals surface area contributed by atoms with Crippen molar-refractivity contribution in [1.82, 2.24) is 4.72 Å². The molecule has 110 valence electrons. The normalized spacial score (nSPS) is 13.6. The minimum Gasteiger partial charge on any atom is -0.459 e. The first-order chi connectivity index (χ1) is 9.95. The van der Waals surface area contributed by atoms with Crippen LogP contribution >= 0.6 is 22.9 Å². The summed E-state index contributed by atoms with van der Waals surface area (Å²) in [6.45, 7) is 1.74. The zero-order valence-electron chi connectivity index (χ0n) is 11.0. The molecule has 0 radical (unpaired) electrons. The van der Waals surface area contributed by atoms with Crippen LogP contribution < -0.4 is 4.72 Å². The zero-order chi connectivity index (χ0) is 15.0. The number of benzene rings is 1. The molecule has 0 spiro atoms. The number of thiophene rings is 1. The van der Waals surface area contributed by atoms with E-state index in [1.165, 1.54) is 6.07 Å². The molecule has 0 aliphatic carbocycles. The van der Waals surface area contributed by atoms with Gasteiger partial charge in [0.25, 0.3) is 10.0 Å². The summed E-state index contributed by atoms with van der Waals surface area (Å²) in [7, 11) is -3.60. The SMILES string of the molecule is C[C@@H](NS(=O)(=O)c1ccc(Cl)s1)c1cc2ccccc2o1. The maximum Gasteiger partial charge on any atom is 0.250 e. The lowest BCUT2D eigenvalue weighted by Crippen LogP contribution is -2.25. The monoisotopic (exact) mass is 341 g/mol. The van der Waals surface area contributed by atoms with Gasteiger partial charge in [-0.25, -0.2) is 13.1 Å². The van der Waals surface area contributed by atoms with E-state index in [9.17, 15) is 8.42 Å². The second-order valence-corrected chi connectivity index (χ2v) is 8.24. The number of furan rings is 1. The average molecular weight is 342 g/mol. The van der Waals surface area contributed by atoms with Crippen LogP contribution in [0.3, 0.4) is 0 Å². The summed E-state index contributed by atoms with van der Waals surface area (Å²) in [5, 5.41) is 0.942. The summed E-state index contributed by atoms with van der Waals surface area (Å²) in [5.74, 6) is 0.572. The number of sulfonamides is 1. The molecular formula is C14H12ClNO3S2. The Labute approximate surface area is 131 Å². The Morgan fingerprint density at radius 3 is 2.67 bits per heavy atom. The molecule has 1 atom stereocenters. The molecule has 3 aromatic rings. The Kier molecular flexibility index (Phi) is 3.79. The molecule has 3 rings (SSSR count). The van der Waals surface area contributed by atoms with Gasteiger partial charge >= 0.3 is 0 Å². The highest BCUT2D eigenvalue weighted by molar-refractivity contribution is 7.91. The van der Waals surface area contributed by atoms with Crippen LogP contribution in [-0.4, -0.2) is 8.42 Å². The van der Waals surface area contributed by atoms with Crippen LogP contribution in [0, 0.1) is 0 Å². The first-order valence-corrected chi connectivity index (χ1v) is 8.89. The molecule has 1 aromatic carbocycles. The van der Waals surface area contributed by atoms with E-state index in [2.05, 4.69) is 4.72 Å². The highest BCUT2D eigenvalue weighted by Crippen LogP contribution is 2.28. The molecule has 0 aliphatic heterocycles. The molecule has 1 N–H and O–H groups in total. The third kappa shape index (κ3) is 2.98. The van der Waals surface area contributed by atoms with Crippen LogP contribution in [0.1, 0.15) is 18.7 Å². The van der Waals surface area contributed by atoms with Crippen molar-refractivity contribution in [3.8, 4) is 0 Å². The van der Waals surface area contributed by atoms with Gasteiger partial charge in [-0.1, -0.05) is 29.8 Å². The quantitative estimate of drug-likeness (QED) is 0.774. The number of rotatable bonds is 4. The summed E-state index contributed by atoms with van der Waals surface area (Å²) in [4.78, 5) is 0. The third-order valence-electron chi connectivity index (χ3n) is 3.02. The van der Waals surface area contributed by atoms with Crippen LogP contribution in [0.2, 0.25) is 4.34 Å². The minimum atomic E-state index is -3.60.